The van der Waals surface area contributed by atoms with Gasteiger partial charge in [-0.15, -0.1) is 0 Å². The standard InChI is InChI=1S/C23H26BrN3O2/c24-18-5-3-4-17(14-18)22(28)26-19-10-12-27(13-11-19)21-7-2-1-6-20(21)23(29)25-15-16-8-9-16/h1-7,14,16,19H,8-13,15H2,(H,25,29)(H,26,28). The van der Waals surface area contributed by atoms with E-state index >= 15 is 0 Å². The lowest BCUT2D eigenvalue weighted by Gasteiger charge is -2.35. The molecule has 5 nitrogen and oxygen atoms in total. The van der Waals surface area contributed by atoms with Crippen LogP contribution in [0.25, 0.3) is 0 Å². The van der Waals surface area contributed by atoms with Gasteiger partial charge in [-0.2, -0.15) is 0 Å². The molecule has 0 atom stereocenters. The fourth-order valence-corrected chi connectivity index (χ4v) is 4.16. The molecule has 29 heavy (non-hydrogen) atoms. The van der Waals surface area contributed by atoms with Crippen LogP contribution in [0.2, 0.25) is 0 Å². The Morgan fingerprint density at radius 2 is 1.72 bits per heavy atom. The van der Waals surface area contributed by atoms with Crippen molar-refractivity contribution in [2.75, 3.05) is 24.5 Å². The smallest absolute Gasteiger partial charge is 0.253 e. The molecule has 1 saturated heterocycles. The Labute approximate surface area is 180 Å². The summed E-state index contributed by atoms with van der Waals surface area (Å²) in [5.74, 6) is 0.637. The zero-order valence-corrected chi connectivity index (χ0v) is 18.0. The highest BCUT2D eigenvalue weighted by Crippen LogP contribution is 2.28. The van der Waals surface area contributed by atoms with Gasteiger partial charge in [-0.1, -0.05) is 34.1 Å². The first-order valence-corrected chi connectivity index (χ1v) is 11.1. The zero-order valence-electron chi connectivity index (χ0n) is 16.4. The number of piperidine rings is 1. The van der Waals surface area contributed by atoms with Gasteiger partial charge in [-0.05, 0) is 61.9 Å². The van der Waals surface area contributed by atoms with E-state index in [0.717, 1.165) is 48.2 Å². The summed E-state index contributed by atoms with van der Waals surface area (Å²) >= 11 is 3.41. The number of hydrogen-bond acceptors (Lipinski definition) is 3. The van der Waals surface area contributed by atoms with Crippen molar-refractivity contribution >= 4 is 33.4 Å². The molecule has 0 bridgehead atoms. The van der Waals surface area contributed by atoms with Gasteiger partial charge < -0.3 is 15.5 Å². The lowest BCUT2D eigenvalue weighted by molar-refractivity contribution is 0.0929. The number of amides is 2. The number of hydrogen-bond donors (Lipinski definition) is 2. The molecule has 1 saturated carbocycles. The lowest BCUT2D eigenvalue weighted by atomic mass is 10.0. The third-order valence-electron chi connectivity index (χ3n) is 5.65. The Kier molecular flexibility index (Phi) is 6.19. The maximum Gasteiger partial charge on any atom is 0.253 e. The van der Waals surface area contributed by atoms with Crippen molar-refractivity contribution in [2.45, 2.75) is 31.7 Å². The molecule has 152 valence electrons. The zero-order chi connectivity index (χ0) is 20.2. The number of nitrogens with one attached hydrogen (secondary N) is 2. The number of para-hydroxylation sites is 1. The largest absolute Gasteiger partial charge is 0.371 e. The minimum Gasteiger partial charge on any atom is -0.371 e. The highest BCUT2D eigenvalue weighted by atomic mass is 79.9. The molecular weight excluding hydrogens is 430 g/mol. The van der Waals surface area contributed by atoms with Crippen LogP contribution in [0.15, 0.2) is 53.0 Å². The lowest BCUT2D eigenvalue weighted by Crippen LogP contribution is -2.45. The molecule has 4 rings (SSSR count). The first-order chi connectivity index (χ1) is 14.1. The van der Waals surface area contributed by atoms with Gasteiger partial charge in [-0.3, -0.25) is 9.59 Å². The normalized spacial score (nSPS) is 17.1. The third kappa shape index (κ3) is 5.18. The second-order valence-electron chi connectivity index (χ2n) is 7.92. The van der Waals surface area contributed by atoms with Crippen LogP contribution < -0.4 is 15.5 Å². The van der Waals surface area contributed by atoms with E-state index in [1.807, 2.05) is 48.5 Å². The SMILES string of the molecule is O=C(NC1CCN(c2ccccc2C(=O)NCC2CC2)CC1)c1cccc(Br)c1. The average molecular weight is 456 g/mol. The number of benzene rings is 2. The maximum atomic E-state index is 12.6. The van der Waals surface area contributed by atoms with E-state index in [1.54, 1.807) is 0 Å². The van der Waals surface area contributed by atoms with E-state index in [0.29, 0.717) is 11.5 Å². The average Bonchev–Trinajstić information content (AvgIpc) is 3.57. The van der Waals surface area contributed by atoms with Gasteiger partial charge in [0, 0.05) is 41.4 Å². The van der Waals surface area contributed by atoms with Crippen LogP contribution in [0, 0.1) is 5.92 Å². The second kappa shape index (κ2) is 8.99. The monoisotopic (exact) mass is 455 g/mol. The molecule has 2 N–H and O–H groups in total. The summed E-state index contributed by atoms with van der Waals surface area (Å²) in [6, 6.07) is 15.4. The van der Waals surface area contributed by atoms with Crippen LogP contribution in [0.1, 0.15) is 46.4 Å². The summed E-state index contributed by atoms with van der Waals surface area (Å²) in [5.41, 5.74) is 2.39. The van der Waals surface area contributed by atoms with Gasteiger partial charge in [0.05, 0.1) is 5.56 Å². The predicted octanol–water partition coefficient (Wildman–Crippen LogP) is 3.99. The molecule has 0 spiro atoms. The van der Waals surface area contributed by atoms with E-state index < -0.39 is 0 Å². The van der Waals surface area contributed by atoms with Crippen LogP contribution >= 0.6 is 15.9 Å². The number of carbonyl (C=O) groups is 2. The van der Waals surface area contributed by atoms with Crippen molar-refractivity contribution in [1.82, 2.24) is 10.6 Å². The highest BCUT2D eigenvalue weighted by Gasteiger charge is 2.25. The Bertz CT molecular complexity index is 889. The van der Waals surface area contributed by atoms with Crippen LogP contribution in [0.3, 0.4) is 0 Å². The Hall–Kier alpha value is -2.34. The van der Waals surface area contributed by atoms with Gasteiger partial charge in [-0.25, -0.2) is 0 Å². The van der Waals surface area contributed by atoms with Crippen molar-refractivity contribution in [3.63, 3.8) is 0 Å². The first-order valence-electron chi connectivity index (χ1n) is 10.3. The summed E-state index contributed by atoms with van der Waals surface area (Å²) in [7, 11) is 0. The predicted molar refractivity (Wildman–Crippen MR) is 118 cm³/mol. The van der Waals surface area contributed by atoms with Gasteiger partial charge >= 0.3 is 0 Å². The van der Waals surface area contributed by atoms with Crippen molar-refractivity contribution < 1.29 is 9.59 Å². The Balaban J connectivity index is 1.34. The van der Waals surface area contributed by atoms with Crippen molar-refractivity contribution in [3.8, 4) is 0 Å². The minimum atomic E-state index is -0.0374. The summed E-state index contributed by atoms with van der Waals surface area (Å²) in [6.45, 7) is 2.41. The molecule has 6 heteroatoms. The first kappa shape index (κ1) is 20.0. The Morgan fingerprint density at radius 1 is 0.966 bits per heavy atom. The molecule has 0 radical (unpaired) electrons. The maximum absolute atomic E-state index is 12.6. The molecular formula is C23H26BrN3O2. The molecule has 0 unspecified atom stereocenters. The van der Waals surface area contributed by atoms with E-state index in [4.69, 9.17) is 0 Å². The van der Waals surface area contributed by atoms with Crippen LogP contribution in [0.4, 0.5) is 5.69 Å². The van der Waals surface area contributed by atoms with Gasteiger partial charge in [0.25, 0.3) is 11.8 Å². The van der Waals surface area contributed by atoms with Crippen LogP contribution in [0.5, 0.6) is 0 Å². The van der Waals surface area contributed by atoms with E-state index in [2.05, 4.69) is 31.5 Å². The summed E-state index contributed by atoms with van der Waals surface area (Å²) in [5, 5.41) is 6.22. The summed E-state index contributed by atoms with van der Waals surface area (Å²) in [4.78, 5) is 27.4. The molecule has 2 aromatic rings. The molecule has 2 aromatic carbocycles. The summed E-state index contributed by atoms with van der Waals surface area (Å²) < 4.78 is 0.900. The highest BCUT2D eigenvalue weighted by molar-refractivity contribution is 9.10. The van der Waals surface area contributed by atoms with E-state index in [-0.39, 0.29) is 17.9 Å². The molecule has 1 heterocycles. The topological polar surface area (TPSA) is 61.4 Å². The molecule has 1 aliphatic heterocycles. The number of nitrogens with zero attached hydrogens (tertiary/aromatic N) is 1. The van der Waals surface area contributed by atoms with E-state index in [9.17, 15) is 9.59 Å². The minimum absolute atomic E-state index is 0.0116. The van der Waals surface area contributed by atoms with Crippen molar-refractivity contribution in [3.05, 3.63) is 64.1 Å². The summed E-state index contributed by atoms with van der Waals surface area (Å²) in [6.07, 6.45) is 4.16. The molecule has 2 fully saturated rings. The number of halogens is 1. The van der Waals surface area contributed by atoms with Gasteiger partial charge in [0.2, 0.25) is 0 Å². The van der Waals surface area contributed by atoms with Crippen molar-refractivity contribution in [2.24, 2.45) is 5.92 Å². The molecule has 1 aliphatic carbocycles. The molecule has 2 aliphatic rings. The number of carbonyl (C=O) groups excluding carboxylic acids is 2. The fourth-order valence-electron chi connectivity index (χ4n) is 3.76. The number of anilines is 1. The fraction of sp³-hybridized carbons (Fsp3) is 0.391. The van der Waals surface area contributed by atoms with E-state index in [1.165, 1.54) is 12.8 Å². The van der Waals surface area contributed by atoms with Gasteiger partial charge in [0.15, 0.2) is 0 Å². The molecule has 0 aromatic heterocycles. The van der Waals surface area contributed by atoms with Crippen LogP contribution in [-0.2, 0) is 0 Å². The van der Waals surface area contributed by atoms with Crippen LogP contribution in [-0.4, -0.2) is 37.5 Å². The van der Waals surface area contributed by atoms with Crippen molar-refractivity contribution in [1.29, 1.82) is 0 Å². The number of rotatable bonds is 6. The quantitative estimate of drug-likeness (QED) is 0.691. The van der Waals surface area contributed by atoms with Gasteiger partial charge in [0.1, 0.15) is 0 Å². The Morgan fingerprint density at radius 3 is 2.45 bits per heavy atom. The third-order valence-corrected chi connectivity index (χ3v) is 6.15. The molecule has 2 amide bonds. The second-order valence-corrected chi connectivity index (χ2v) is 8.83.